The molecule has 3 fully saturated rings. The summed E-state index contributed by atoms with van der Waals surface area (Å²) in [4.78, 5) is 0. The summed E-state index contributed by atoms with van der Waals surface area (Å²) < 4.78 is 53.8. The molecule has 0 radical (unpaired) electrons. The Labute approximate surface area is 225 Å². The molecule has 0 bridgehead atoms. The van der Waals surface area contributed by atoms with Crippen LogP contribution in [0.15, 0.2) is 0 Å². The Balaban J connectivity index is 1.83. The van der Waals surface area contributed by atoms with E-state index in [0.29, 0.717) is 0 Å². The molecule has 0 saturated carbocycles. The molecule has 15 unspecified atom stereocenters. The van der Waals surface area contributed by atoms with Crippen LogP contribution in [0.3, 0.4) is 0 Å². The predicted molar refractivity (Wildman–Crippen MR) is 133 cm³/mol. The lowest BCUT2D eigenvalue weighted by Crippen LogP contribution is -2.65. The van der Waals surface area contributed by atoms with Crippen LogP contribution in [0.4, 0.5) is 0 Å². The van der Waals surface area contributed by atoms with Crippen molar-refractivity contribution in [1.29, 1.82) is 0 Å². The van der Waals surface area contributed by atoms with Gasteiger partial charge in [0.15, 0.2) is 18.9 Å². The van der Waals surface area contributed by atoms with E-state index in [-0.39, 0.29) is 43.5 Å². The molecule has 0 aromatic carbocycles. The monoisotopic (exact) mass is 552 g/mol. The van der Waals surface area contributed by atoms with Gasteiger partial charge in [-0.2, -0.15) is 0 Å². The fourth-order valence-corrected chi connectivity index (χ4v) is 5.74. The van der Waals surface area contributed by atoms with Gasteiger partial charge in [-0.15, -0.1) is 0 Å². The van der Waals surface area contributed by atoms with Gasteiger partial charge in [0.1, 0.15) is 30.5 Å². The van der Waals surface area contributed by atoms with Gasteiger partial charge in [-0.1, -0.05) is 27.7 Å². The Bertz CT molecular complexity index is 695. The molecule has 3 rings (SSSR count). The molecule has 224 valence electrons. The van der Waals surface area contributed by atoms with Crippen molar-refractivity contribution in [1.82, 2.24) is 0 Å². The lowest BCUT2D eigenvalue weighted by molar-refractivity contribution is -0.374. The van der Waals surface area contributed by atoms with E-state index in [9.17, 15) is 15.3 Å². The van der Waals surface area contributed by atoms with Crippen LogP contribution in [0.25, 0.3) is 0 Å². The minimum atomic E-state index is -1.34. The zero-order valence-electron chi connectivity index (χ0n) is 23.8. The quantitative estimate of drug-likeness (QED) is 0.324. The fourth-order valence-electron chi connectivity index (χ4n) is 5.74. The van der Waals surface area contributed by atoms with Gasteiger partial charge in [-0.05, 0) is 12.3 Å². The summed E-state index contributed by atoms with van der Waals surface area (Å²) in [5.41, 5.74) is 0. The van der Waals surface area contributed by atoms with Crippen molar-refractivity contribution < 1.29 is 58.0 Å². The minimum Gasteiger partial charge on any atom is -0.394 e. The van der Waals surface area contributed by atoms with E-state index in [4.69, 9.17) is 42.6 Å². The summed E-state index contributed by atoms with van der Waals surface area (Å²) in [6, 6.07) is 0. The summed E-state index contributed by atoms with van der Waals surface area (Å²) in [5, 5.41) is 30.9. The summed E-state index contributed by atoms with van der Waals surface area (Å²) >= 11 is 0. The molecule has 15 atom stereocenters. The van der Waals surface area contributed by atoms with Crippen LogP contribution in [0, 0.1) is 17.8 Å². The first kappa shape index (κ1) is 32.0. The average Bonchev–Trinajstić information content (AvgIpc) is 2.92. The summed E-state index contributed by atoms with van der Waals surface area (Å²) in [6.45, 7) is 7.69. The lowest BCUT2D eigenvalue weighted by atomic mass is 9.83. The molecule has 0 amide bonds. The highest BCUT2D eigenvalue weighted by Crippen LogP contribution is 2.38. The Morgan fingerprint density at radius 2 is 1.21 bits per heavy atom. The average molecular weight is 553 g/mol. The van der Waals surface area contributed by atoms with E-state index in [1.807, 2.05) is 6.92 Å². The zero-order chi connectivity index (χ0) is 28.1. The maximum atomic E-state index is 10.7. The zero-order valence-corrected chi connectivity index (χ0v) is 23.8. The molecule has 0 spiro atoms. The number of rotatable bonds is 11. The van der Waals surface area contributed by atoms with Crippen LogP contribution in [0.2, 0.25) is 0 Å². The van der Waals surface area contributed by atoms with Crippen molar-refractivity contribution in [2.75, 3.05) is 41.7 Å². The highest BCUT2D eigenvalue weighted by atomic mass is 16.8. The molecule has 3 aliphatic rings. The second-order valence-corrected chi connectivity index (χ2v) is 10.6. The third kappa shape index (κ3) is 6.53. The number of ether oxygens (including phenoxy) is 9. The first-order chi connectivity index (χ1) is 18.2. The molecule has 12 heteroatoms. The molecule has 3 saturated heterocycles. The summed E-state index contributed by atoms with van der Waals surface area (Å²) in [5.74, 6) is -0.304. The first-order valence-corrected chi connectivity index (χ1v) is 13.5. The maximum absolute atomic E-state index is 10.7. The van der Waals surface area contributed by atoms with Gasteiger partial charge in [0.2, 0.25) is 0 Å². The number of hydrogen-bond acceptors (Lipinski definition) is 12. The van der Waals surface area contributed by atoms with Crippen LogP contribution < -0.4 is 0 Å². The smallest absolute Gasteiger partial charge is 0.187 e. The molecule has 12 nitrogen and oxygen atoms in total. The fraction of sp³-hybridized carbons (Fsp3) is 1.00. The third-order valence-electron chi connectivity index (χ3n) is 8.38. The molecule has 3 aliphatic heterocycles. The molecular weight excluding hydrogens is 504 g/mol. The van der Waals surface area contributed by atoms with Crippen molar-refractivity contribution in [2.45, 2.75) is 108 Å². The highest BCUT2D eigenvalue weighted by molar-refractivity contribution is 4.96. The van der Waals surface area contributed by atoms with Crippen LogP contribution in [0.1, 0.15) is 34.1 Å². The SMILES string of the molecule is CCC1OC(OC)C(C)C(C)C1OC1OC(COC)C(OC2OC(CO)C(C)C(O)C2O)C(OC)C1OC. The molecular formula is C26H48O12. The highest BCUT2D eigenvalue weighted by Gasteiger charge is 2.53. The van der Waals surface area contributed by atoms with Crippen LogP contribution in [-0.4, -0.2) is 131 Å². The second kappa shape index (κ2) is 14.4. The lowest BCUT2D eigenvalue weighted by Gasteiger charge is -2.50. The van der Waals surface area contributed by atoms with Gasteiger partial charge >= 0.3 is 0 Å². The molecule has 0 aliphatic carbocycles. The van der Waals surface area contributed by atoms with Gasteiger partial charge in [0.05, 0.1) is 37.6 Å². The standard InChI is InChI=1S/C26H48O12/c1-9-15-20(12(2)13(3)24(33-8)34-15)37-26-23(32-7)22(31-6)21(17(36-26)11-30-5)38-25-19(29)18(28)14(4)16(10-27)35-25/h12-29H,9-11H2,1-8H3. The number of methoxy groups -OCH3 is 4. The Morgan fingerprint density at radius 3 is 1.76 bits per heavy atom. The molecule has 38 heavy (non-hydrogen) atoms. The van der Waals surface area contributed by atoms with E-state index in [1.165, 1.54) is 21.3 Å². The van der Waals surface area contributed by atoms with E-state index >= 15 is 0 Å². The van der Waals surface area contributed by atoms with Crippen molar-refractivity contribution in [2.24, 2.45) is 17.8 Å². The maximum Gasteiger partial charge on any atom is 0.187 e. The van der Waals surface area contributed by atoms with Gasteiger partial charge in [0, 0.05) is 40.3 Å². The second-order valence-electron chi connectivity index (χ2n) is 10.6. The normalized spacial score (nSPS) is 48.2. The van der Waals surface area contributed by atoms with Gasteiger partial charge < -0.3 is 58.0 Å². The van der Waals surface area contributed by atoms with Gasteiger partial charge in [-0.25, -0.2) is 0 Å². The van der Waals surface area contributed by atoms with Crippen LogP contribution >= 0.6 is 0 Å². The van der Waals surface area contributed by atoms with E-state index in [2.05, 4.69) is 13.8 Å². The number of aliphatic hydroxyl groups is 3. The minimum absolute atomic E-state index is 0.0830. The van der Waals surface area contributed by atoms with Gasteiger partial charge in [-0.3, -0.25) is 0 Å². The Kier molecular flexibility index (Phi) is 12.2. The van der Waals surface area contributed by atoms with Crippen LogP contribution in [-0.2, 0) is 42.6 Å². The van der Waals surface area contributed by atoms with Crippen molar-refractivity contribution >= 4 is 0 Å². The summed E-state index contributed by atoms with van der Waals surface area (Å²) in [7, 11) is 6.24. The number of aliphatic hydroxyl groups excluding tert-OH is 3. The third-order valence-corrected chi connectivity index (χ3v) is 8.38. The topological polar surface area (TPSA) is 144 Å². The van der Waals surface area contributed by atoms with Crippen LogP contribution in [0.5, 0.6) is 0 Å². The Hall–Kier alpha value is -0.480. The van der Waals surface area contributed by atoms with E-state index in [0.717, 1.165) is 6.42 Å². The number of hydrogen-bond donors (Lipinski definition) is 3. The Morgan fingerprint density at radius 1 is 0.605 bits per heavy atom. The molecule has 0 aromatic rings. The van der Waals surface area contributed by atoms with Crippen molar-refractivity contribution in [3.8, 4) is 0 Å². The van der Waals surface area contributed by atoms with Gasteiger partial charge in [0.25, 0.3) is 0 Å². The summed E-state index contributed by atoms with van der Waals surface area (Å²) in [6.07, 6.45) is -8.32. The van der Waals surface area contributed by atoms with Crippen molar-refractivity contribution in [3.05, 3.63) is 0 Å². The molecule has 0 aromatic heterocycles. The first-order valence-electron chi connectivity index (χ1n) is 13.5. The van der Waals surface area contributed by atoms with Crippen molar-refractivity contribution in [3.63, 3.8) is 0 Å². The van der Waals surface area contributed by atoms with E-state index in [1.54, 1.807) is 14.0 Å². The van der Waals surface area contributed by atoms with E-state index < -0.39 is 61.2 Å². The molecule has 3 heterocycles. The molecule has 3 N–H and O–H groups in total. The predicted octanol–water partition coefficient (Wildman–Crippen LogP) is 0.287. The largest absolute Gasteiger partial charge is 0.394 e.